The second kappa shape index (κ2) is 5.17. The van der Waals surface area contributed by atoms with Gasteiger partial charge in [-0.05, 0) is 32.1 Å². The van der Waals surface area contributed by atoms with E-state index in [0.29, 0.717) is 11.8 Å². The van der Waals surface area contributed by atoms with E-state index >= 15 is 0 Å². The molecule has 0 heterocycles. The molecule has 3 nitrogen and oxygen atoms in total. The molecule has 3 heteroatoms. The van der Waals surface area contributed by atoms with Gasteiger partial charge >= 0.3 is 0 Å². The molecule has 1 rings (SSSR count). The summed E-state index contributed by atoms with van der Waals surface area (Å²) in [5, 5.41) is 3.03. The van der Waals surface area contributed by atoms with Crippen LogP contribution >= 0.6 is 0 Å². The summed E-state index contributed by atoms with van der Waals surface area (Å²) in [5.74, 6) is 0.0827. The minimum atomic E-state index is -0.405. The molecule has 1 saturated carbocycles. The number of nitrogens with two attached hydrogens (primary N) is 1. The Morgan fingerprint density at radius 3 is 2.38 bits per heavy atom. The van der Waals surface area contributed by atoms with Crippen molar-refractivity contribution in [1.82, 2.24) is 5.32 Å². The van der Waals surface area contributed by atoms with Crippen LogP contribution in [0.5, 0.6) is 0 Å². The van der Waals surface area contributed by atoms with E-state index in [4.69, 9.17) is 5.73 Å². The molecular formula is C13H26N2O. The van der Waals surface area contributed by atoms with Gasteiger partial charge in [0.1, 0.15) is 0 Å². The maximum Gasteiger partial charge on any atom is 0.221 e. The largest absolute Gasteiger partial charge is 0.355 e. The third kappa shape index (κ3) is 4.97. The van der Waals surface area contributed by atoms with E-state index in [1.807, 2.05) is 13.8 Å². The lowest BCUT2D eigenvalue weighted by atomic mass is 9.75. The molecule has 0 saturated heterocycles. The molecule has 0 aromatic heterocycles. The molecule has 0 atom stereocenters. The highest BCUT2D eigenvalue weighted by Gasteiger charge is 2.27. The monoisotopic (exact) mass is 226 g/mol. The van der Waals surface area contributed by atoms with Gasteiger partial charge < -0.3 is 11.1 Å². The van der Waals surface area contributed by atoms with Gasteiger partial charge in [0.05, 0.1) is 0 Å². The first-order valence-corrected chi connectivity index (χ1v) is 6.36. The lowest BCUT2D eigenvalue weighted by Gasteiger charge is -2.34. The molecule has 1 amide bonds. The van der Waals surface area contributed by atoms with Crippen molar-refractivity contribution in [2.24, 2.45) is 11.1 Å². The molecule has 0 spiro atoms. The van der Waals surface area contributed by atoms with Crippen LogP contribution in [0.1, 0.15) is 59.3 Å². The molecule has 1 aliphatic carbocycles. The Morgan fingerprint density at radius 2 is 1.88 bits per heavy atom. The fourth-order valence-electron chi connectivity index (χ4n) is 2.37. The average Bonchev–Trinajstić information content (AvgIpc) is 2.14. The fraction of sp³-hybridized carbons (Fsp3) is 0.923. The summed E-state index contributed by atoms with van der Waals surface area (Å²) in [4.78, 5) is 11.7. The van der Waals surface area contributed by atoms with E-state index in [1.165, 1.54) is 32.1 Å². The van der Waals surface area contributed by atoms with Gasteiger partial charge in [-0.3, -0.25) is 4.79 Å². The maximum atomic E-state index is 11.7. The van der Waals surface area contributed by atoms with Crippen LogP contribution in [-0.4, -0.2) is 18.0 Å². The van der Waals surface area contributed by atoms with E-state index in [-0.39, 0.29) is 5.91 Å². The summed E-state index contributed by atoms with van der Waals surface area (Å²) < 4.78 is 0. The molecule has 0 aromatic rings. The van der Waals surface area contributed by atoms with Crippen molar-refractivity contribution in [3.63, 3.8) is 0 Å². The summed E-state index contributed by atoms with van der Waals surface area (Å²) >= 11 is 0. The third-order valence-corrected chi connectivity index (χ3v) is 3.39. The quantitative estimate of drug-likeness (QED) is 0.772. The van der Waals surface area contributed by atoms with Crippen molar-refractivity contribution in [2.75, 3.05) is 6.54 Å². The molecule has 0 radical (unpaired) electrons. The van der Waals surface area contributed by atoms with Gasteiger partial charge in [0.2, 0.25) is 5.91 Å². The van der Waals surface area contributed by atoms with Crippen molar-refractivity contribution in [1.29, 1.82) is 0 Å². The summed E-state index contributed by atoms with van der Waals surface area (Å²) in [6.07, 6.45) is 6.82. The second-order valence-corrected chi connectivity index (χ2v) is 6.31. The third-order valence-electron chi connectivity index (χ3n) is 3.39. The van der Waals surface area contributed by atoms with Crippen LogP contribution < -0.4 is 11.1 Å². The van der Waals surface area contributed by atoms with Crippen LogP contribution in [-0.2, 0) is 4.79 Å². The van der Waals surface area contributed by atoms with Gasteiger partial charge in [0.25, 0.3) is 0 Å². The number of carbonyl (C=O) groups is 1. The van der Waals surface area contributed by atoms with Gasteiger partial charge in [-0.2, -0.15) is 0 Å². The van der Waals surface area contributed by atoms with Gasteiger partial charge in [0, 0.05) is 18.5 Å². The average molecular weight is 226 g/mol. The Labute approximate surface area is 99.2 Å². The topological polar surface area (TPSA) is 55.1 Å². The number of carbonyl (C=O) groups excluding carboxylic acids is 1. The van der Waals surface area contributed by atoms with Crippen LogP contribution in [0.3, 0.4) is 0 Å². The van der Waals surface area contributed by atoms with Crippen LogP contribution in [0, 0.1) is 5.41 Å². The van der Waals surface area contributed by atoms with Crippen LogP contribution in [0.15, 0.2) is 0 Å². The van der Waals surface area contributed by atoms with E-state index < -0.39 is 5.54 Å². The van der Waals surface area contributed by atoms with E-state index in [0.717, 1.165) is 6.54 Å². The Kier molecular flexibility index (Phi) is 4.36. The Morgan fingerprint density at radius 1 is 1.31 bits per heavy atom. The highest BCUT2D eigenvalue weighted by Crippen LogP contribution is 2.34. The SMILES string of the molecule is CC(C)(N)CC(=O)NCC1(C)CCCCC1. The van der Waals surface area contributed by atoms with E-state index in [9.17, 15) is 4.79 Å². The lowest BCUT2D eigenvalue weighted by Crippen LogP contribution is -2.42. The smallest absolute Gasteiger partial charge is 0.221 e. The first kappa shape index (κ1) is 13.5. The lowest BCUT2D eigenvalue weighted by molar-refractivity contribution is -0.122. The maximum absolute atomic E-state index is 11.7. The minimum Gasteiger partial charge on any atom is -0.355 e. The normalized spacial score (nSPS) is 20.5. The molecule has 1 aliphatic rings. The van der Waals surface area contributed by atoms with E-state index in [2.05, 4.69) is 12.2 Å². The van der Waals surface area contributed by atoms with Crippen molar-refractivity contribution in [3.8, 4) is 0 Å². The molecule has 0 unspecified atom stereocenters. The first-order chi connectivity index (χ1) is 7.31. The highest BCUT2D eigenvalue weighted by atomic mass is 16.1. The number of amides is 1. The van der Waals surface area contributed by atoms with Crippen LogP contribution in [0.25, 0.3) is 0 Å². The predicted molar refractivity (Wildman–Crippen MR) is 67.1 cm³/mol. The number of rotatable bonds is 4. The van der Waals surface area contributed by atoms with Crippen molar-refractivity contribution < 1.29 is 4.79 Å². The number of hydrogen-bond acceptors (Lipinski definition) is 2. The zero-order valence-corrected chi connectivity index (χ0v) is 10.9. The molecule has 0 bridgehead atoms. The molecule has 94 valence electrons. The molecule has 0 aromatic carbocycles. The van der Waals surface area contributed by atoms with Crippen LogP contribution in [0.4, 0.5) is 0 Å². The minimum absolute atomic E-state index is 0.0827. The van der Waals surface area contributed by atoms with E-state index in [1.54, 1.807) is 0 Å². The zero-order chi connectivity index (χ0) is 12.2. The Bertz CT molecular complexity index is 237. The zero-order valence-electron chi connectivity index (χ0n) is 10.9. The van der Waals surface area contributed by atoms with Crippen molar-refractivity contribution in [2.45, 2.75) is 64.8 Å². The summed E-state index contributed by atoms with van der Waals surface area (Å²) in [7, 11) is 0. The highest BCUT2D eigenvalue weighted by molar-refractivity contribution is 5.77. The van der Waals surface area contributed by atoms with Gasteiger partial charge in [-0.15, -0.1) is 0 Å². The fourth-order valence-corrected chi connectivity index (χ4v) is 2.37. The van der Waals surface area contributed by atoms with Crippen molar-refractivity contribution in [3.05, 3.63) is 0 Å². The molecular weight excluding hydrogens is 200 g/mol. The molecule has 0 aliphatic heterocycles. The predicted octanol–water partition coefficient (Wildman–Crippen LogP) is 2.20. The molecule has 1 fully saturated rings. The van der Waals surface area contributed by atoms with Crippen molar-refractivity contribution >= 4 is 5.91 Å². The Hall–Kier alpha value is -0.570. The first-order valence-electron chi connectivity index (χ1n) is 6.36. The molecule has 16 heavy (non-hydrogen) atoms. The summed E-state index contributed by atoms with van der Waals surface area (Å²) in [6, 6.07) is 0. The second-order valence-electron chi connectivity index (χ2n) is 6.31. The van der Waals surface area contributed by atoms with Gasteiger partial charge in [-0.1, -0.05) is 26.2 Å². The Balaban J connectivity index is 2.30. The van der Waals surface area contributed by atoms with Gasteiger partial charge in [0.15, 0.2) is 0 Å². The van der Waals surface area contributed by atoms with Gasteiger partial charge in [-0.25, -0.2) is 0 Å². The van der Waals surface area contributed by atoms with Crippen LogP contribution in [0.2, 0.25) is 0 Å². The summed E-state index contributed by atoms with van der Waals surface area (Å²) in [6.45, 7) is 6.85. The molecule has 3 N–H and O–H groups in total. The number of nitrogens with one attached hydrogen (secondary N) is 1. The number of hydrogen-bond donors (Lipinski definition) is 2. The summed E-state index contributed by atoms with van der Waals surface area (Å²) in [5.41, 5.74) is 5.72. The standard InChI is InChI=1S/C13H26N2O/c1-12(2,14)9-11(16)15-10-13(3)7-5-4-6-8-13/h4-10,14H2,1-3H3,(H,15,16).